The van der Waals surface area contributed by atoms with Crippen molar-refractivity contribution in [3.63, 3.8) is 0 Å². The number of rotatable bonds is 7. The third kappa shape index (κ3) is 2.97. The van der Waals surface area contributed by atoms with Gasteiger partial charge in [0.15, 0.2) is 0 Å². The van der Waals surface area contributed by atoms with Crippen LogP contribution in [0.4, 0.5) is 0 Å². The van der Waals surface area contributed by atoms with Crippen molar-refractivity contribution in [3.8, 4) is 0 Å². The summed E-state index contributed by atoms with van der Waals surface area (Å²) in [6, 6.07) is 0.293. The SMILES string of the molecule is CCNC(C)CC(=O)NCC1(C2CC2)CC1. The maximum absolute atomic E-state index is 11.7. The maximum atomic E-state index is 11.7. The van der Waals surface area contributed by atoms with Crippen molar-refractivity contribution in [3.05, 3.63) is 0 Å². The van der Waals surface area contributed by atoms with Crippen LogP contribution < -0.4 is 10.6 Å². The van der Waals surface area contributed by atoms with Gasteiger partial charge in [0.05, 0.1) is 0 Å². The van der Waals surface area contributed by atoms with Gasteiger partial charge in [-0.2, -0.15) is 0 Å². The van der Waals surface area contributed by atoms with Crippen molar-refractivity contribution in [2.24, 2.45) is 11.3 Å². The molecule has 0 aliphatic heterocycles. The zero-order valence-corrected chi connectivity index (χ0v) is 10.5. The molecule has 1 atom stereocenters. The first kappa shape index (κ1) is 11.9. The summed E-state index contributed by atoms with van der Waals surface area (Å²) in [6.45, 7) is 5.99. The second-order valence-corrected chi connectivity index (χ2v) is 5.58. The Morgan fingerprint density at radius 1 is 1.44 bits per heavy atom. The Labute approximate surface area is 98.4 Å². The molecule has 2 fully saturated rings. The first-order chi connectivity index (χ1) is 7.66. The van der Waals surface area contributed by atoms with Gasteiger partial charge in [-0.25, -0.2) is 0 Å². The van der Waals surface area contributed by atoms with Crippen molar-refractivity contribution < 1.29 is 4.79 Å². The van der Waals surface area contributed by atoms with Crippen LogP contribution in [0.15, 0.2) is 0 Å². The van der Waals surface area contributed by atoms with Gasteiger partial charge in [-0.1, -0.05) is 6.92 Å². The van der Waals surface area contributed by atoms with Crippen molar-refractivity contribution in [1.29, 1.82) is 0 Å². The largest absolute Gasteiger partial charge is 0.355 e. The summed E-state index contributed by atoms with van der Waals surface area (Å²) in [6.07, 6.45) is 6.06. The highest BCUT2D eigenvalue weighted by molar-refractivity contribution is 5.76. The summed E-state index contributed by atoms with van der Waals surface area (Å²) in [4.78, 5) is 11.7. The van der Waals surface area contributed by atoms with Gasteiger partial charge >= 0.3 is 0 Å². The lowest BCUT2D eigenvalue weighted by Crippen LogP contribution is -2.36. The van der Waals surface area contributed by atoms with Gasteiger partial charge in [0.2, 0.25) is 5.91 Å². The summed E-state index contributed by atoms with van der Waals surface area (Å²) in [7, 11) is 0. The molecule has 0 bridgehead atoms. The zero-order valence-electron chi connectivity index (χ0n) is 10.5. The average Bonchev–Trinajstić information content (AvgIpc) is 3.08. The molecule has 2 N–H and O–H groups in total. The van der Waals surface area contributed by atoms with Crippen molar-refractivity contribution in [1.82, 2.24) is 10.6 Å². The molecule has 2 rings (SSSR count). The van der Waals surface area contributed by atoms with Crippen LogP contribution in [-0.4, -0.2) is 25.0 Å². The normalized spacial score (nSPS) is 23.9. The number of amides is 1. The molecule has 92 valence electrons. The fourth-order valence-electron chi connectivity index (χ4n) is 2.63. The zero-order chi connectivity index (χ0) is 11.6. The second kappa shape index (κ2) is 4.74. The standard InChI is InChI=1S/C13H24N2O/c1-3-14-10(2)8-12(16)15-9-13(6-7-13)11-4-5-11/h10-11,14H,3-9H2,1-2H3,(H,15,16). The molecule has 0 heterocycles. The summed E-state index contributed by atoms with van der Waals surface area (Å²) < 4.78 is 0. The van der Waals surface area contributed by atoms with Gasteiger partial charge in [0.1, 0.15) is 0 Å². The molecule has 0 aromatic rings. The Morgan fingerprint density at radius 2 is 2.12 bits per heavy atom. The lowest BCUT2D eigenvalue weighted by molar-refractivity contribution is -0.121. The molecule has 16 heavy (non-hydrogen) atoms. The van der Waals surface area contributed by atoms with Crippen LogP contribution in [0.3, 0.4) is 0 Å². The Bertz CT molecular complexity index is 257. The minimum Gasteiger partial charge on any atom is -0.355 e. The van der Waals surface area contributed by atoms with Gasteiger partial charge in [0, 0.05) is 19.0 Å². The number of carbonyl (C=O) groups excluding carboxylic acids is 1. The van der Waals surface area contributed by atoms with Crippen LogP contribution in [0.25, 0.3) is 0 Å². The summed E-state index contributed by atoms with van der Waals surface area (Å²) >= 11 is 0. The monoisotopic (exact) mass is 224 g/mol. The first-order valence-electron chi connectivity index (χ1n) is 6.66. The maximum Gasteiger partial charge on any atom is 0.221 e. The minimum atomic E-state index is 0.209. The molecule has 2 aliphatic carbocycles. The molecule has 0 saturated heterocycles. The van der Waals surface area contributed by atoms with Crippen LogP contribution in [0.1, 0.15) is 46.0 Å². The van der Waals surface area contributed by atoms with Crippen molar-refractivity contribution >= 4 is 5.91 Å². The van der Waals surface area contributed by atoms with E-state index in [0.29, 0.717) is 17.9 Å². The fraction of sp³-hybridized carbons (Fsp3) is 0.923. The van der Waals surface area contributed by atoms with E-state index in [-0.39, 0.29) is 5.91 Å². The number of nitrogens with one attached hydrogen (secondary N) is 2. The number of carbonyl (C=O) groups is 1. The van der Waals surface area contributed by atoms with E-state index in [1.165, 1.54) is 25.7 Å². The average molecular weight is 224 g/mol. The van der Waals surface area contributed by atoms with Gasteiger partial charge in [-0.15, -0.1) is 0 Å². The molecule has 3 heteroatoms. The van der Waals surface area contributed by atoms with E-state index in [1.807, 2.05) is 0 Å². The molecule has 0 aromatic heterocycles. The number of hydrogen-bond acceptors (Lipinski definition) is 2. The van der Waals surface area contributed by atoms with E-state index in [1.54, 1.807) is 0 Å². The van der Waals surface area contributed by atoms with Crippen LogP contribution >= 0.6 is 0 Å². The summed E-state index contributed by atoms with van der Waals surface area (Å²) in [5.74, 6) is 1.14. The van der Waals surface area contributed by atoms with Crippen LogP contribution in [-0.2, 0) is 4.79 Å². The lowest BCUT2D eigenvalue weighted by Gasteiger charge is -2.17. The Hall–Kier alpha value is -0.570. The highest BCUT2D eigenvalue weighted by Crippen LogP contribution is 2.60. The fourth-order valence-corrected chi connectivity index (χ4v) is 2.63. The van der Waals surface area contributed by atoms with E-state index in [0.717, 1.165) is 19.0 Å². The summed E-state index contributed by atoms with van der Waals surface area (Å²) in [5.41, 5.74) is 0.525. The topological polar surface area (TPSA) is 41.1 Å². The molecule has 0 radical (unpaired) electrons. The molecular formula is C13H24N2O. The molecule has 0 aromatic carbocycles. The van der Waals surface area contributed by atoms with Gasteiger partial charge in [-0.3, -0.25) is 4.79 Å². The number of hydrogen-bond donors (Lipinski definition) is 2. The molecule has 2 aliphatic rings. The molecule has 1 unspecified atom stereocenters. The van der Waals surface area contributed by atoms with Gasteiger partial charge in [-0.05, 0) is 50.5 Å². The van der Waals surface area contributed by atoms with E-state index in [9.17, 15) is 4.79 Å². The van der Waals surface area contributed by atoms with E-state index in [4.69, 9.17) is 0 Å². The van der Waals surface area contributed by atoms with Crippen molar-refractivity contribution in [2.45, 2.75) is 52.0 Å². The van der Waals surface area contributed by atoms with Gasteiger partial charge in [0.25, 0.3) is 0 Å². The predicted molar refractivity (Wildman–Crippen MR) is 65.2 cm³/mol. The smallest absolute Gasteiger partial charge is 0.221 e. The van der Waals surface area contributed by atoms with E-state index >= 15 is 0 Å². The quantitative estimate of drug-likeness (QED) is 0.691. The van der Waals surface area contributed by atoms with Crippen molar-refractivity contribution in [2.75, 3.05) is 13.1 Å². The molecule has 1 amide bonds. The Kier molecular flexibility index (Phi) is 3.53. The third-order valence-electron chi connectivity index (χ3n) is 4.02. The van der Waals surface area contributed by atoms with Crippen LogP contribution in [0.5, 0.6) is 0 Å². The second-order valence-electron chi connectivity index (χ2n) is 5.58. The third-order valence-corrected chi connectivity index (χ3v) is 4.02. The van der Waals surface area contributed by atoms with Crippen LogP contribution in [0.2, 0.25) is 0 Å². The molecular weight excluding hydrogens is 200 g/mol. The lowest BCUT2D eigenvalue weighted by atomic mass is 10.0. The minimum absolute atomic E-state index is 0.209. The summed E-state index contributed by atoms with van der Waals surface area (Å²) in [5, 5.41) is 6.38. The Morgan fingerprint density at radius 3 is 2.62 bits per heavy atom. The molecule has 2 saturated carbocycles. The molecule has 3 nitrogen and oxygen atoms in total. The molecule has 0 spiro atoms. The highest BCUT2D eigenvalue weighted by atomic mass is 16.1. The van der Waals surface area contributed by atoms with Crippen LogP contribution in [0, 0.1) is 11.3 Å². The highest BCUT2D eigenvalue weighted by Gasteiger charge is 2.53. The van der Waals surface area contributed by atoms with Gasteiger partial charge < -0.3 is 10.6 Å². The van der Waals surface area contributed by atoms with E-state index < -0.39 is 0 Å². The Balaban J connectivity index is 1.64. The predicted octanol–water partition coefficient (Wildman–Crippen LogP) is 1.68. The van der Waals surface area contributed by atoms with E-state index in [2.05, 4.69) is 24.5 Å². The first-order valence-corrected chi connectivity index (χ1v) is 6.66.